The summed E-state index contributed by atoms with van der Waals surface area (Å²) in [5.41, 5.74) is 2.15. The van der Waals surface area contributed by atoms with Gasteiger partial charge in [-0.1, -0.05) is 6.07 Å². The number of aryl methyl sites for hydroxylation is 1. The molecule has 0 spiro atoms. The second-order valence-corrected chi connectivity index (χ2v) is 6.75. The van der Waals surface area contributed by atoms with Crippen molar-refractivity contribution < 1.29 is 14.5 Å². The Morgan fingerprint density at radius 3 is 2.39 bits per heavy atom. The van der Waals surface area contributed by atoms with Crippen molar-refractivity contribution in [1.82, 2.24) is 5.32 Å². The lowest BCUT2D eigenvalue weighted by Crippen LogP contribution is -2.23. The lowest BCUT2D eigenvalue weighted by atomic mass is 10.1. The zero-order valence-corrected chi connectivity index (χ0v) is 15.7. The van der Waals surface area contributed by atoms with Crippen molar-refractivity contribution in [2.24, 2.45) is 0 Å². The summed E-state index contributed by atoms with van der Waals surface area (Å²) in [7, 11) is 0. The van der Waals surface area contributed by atoms with Crippen LogP contribution in [0.4, 0.5) is 17.1 Å². The molecule has 0 saturated heterocycles. The Bertz CT molecular complexity index is 938. The standard InChI is InChI=1S/C20H22N4O4/c1-3-21-19(25)13-5-4-12(2)17(10-13)23-20(26)14-6-9-16(22-15-7-8-15)18(11-14)24(27)28/h4-6,9-11,15,22H,3,7-8H2,1-2H3,(H,21,25)(H,23,26). The summed E-state index contributed by atoms with van der Waals surface area (Å²) in [5.74, 6) is -0.707. The summed E-state index contributed by atoms with van der Waals surface area (Å²) < 4.78 is 0. The van der Waals surface area contributed by atoms with Crippen LogP contribution >= 0.6 is 0 Å². The molecule has 0 atom stereocenters. The summed E-state index contributed by atoms with van der Waals surface area (Å²) in [5, 5.41) is 19.9. The van der Waals surface area contributed by atoms with Crippen LogP contribution in [0.3, 0.4) is 0 Å². The molecule has 2 aromatic carbocycles. The third-order valence-electron chi connectivity index (χ3n) is 4.48. The highest BCUT2D eigenvalue weighted by molar-refractivity contribution is 6.06. The van der Waals surface area contributed by atoms with Crippen molar-refractivity contribution in [3.05, 3.63) is 63.2 Å². The van der Waals surface area contributed by atoms with Gasteiger partial charge in [0.15, 0.2) is 0 Å². The van der Waals surface area contributed by atoms with E-state index in [1.54, 1.807) is 30.3 Å². The molecule has 0 bridgehead atoms. The third-order valence-corrected chi connectivity index (χ3v) is 4.48. The predicted octanol–water partition coefficient (Wildman–Crippen LogP) is 3.48. The quantitative estimate of drug-likeness (QED) is 0.501. The van der Waals surface area contributed by atoms with Crippen molar-refractivity contribution >= 4 is 28.9 Å². The van der Waals surface area contributed by atoms with Gasteiger partial charge in [0.25, 0.3) is 17.5 Å². The van der Waals surface area contributed by atoms with Gasteiger partial charge in [-0.15, -0.1) is 0 Å². The number of nitro groups is 1. The van der Waals surface area contributed by atoms with Crippen molar-refractivity contribution in [3.63, 3.8) is 0 Å². The molecule has 3 rings (SSSR count). The van der Waals surface area contributed by atoms with Crippen LogP contribution < -0.4 is 16.0 Å². The molecule has 0 unspecified atom stereocenters. The van der Waals surface area contributed by atoms with Gasteiger partial charge in [0.1, 0.15) is 5.69 Å². The number of amides is 2. The van der Waals surface area contributed by atoms with Crippen LogP contribution in [-0.2, 0) is 0 Å². The molecule has 2 amide bonds. The molecular formula is C20H22N4O4. The summed E-state index contributed by atoms with van der Waals surface area (Å²) in [4.78, 5) is 35.5. The molecule has 2 aromatic rings. The molecule has 1 aliphatic rings. The number of anilines is 2. The fraction of sp³-hybridized carbons (Fsp3) is 0.300. The molecule has 0 aliphatic heterocycles. The smallest absolute Gasteiger partial charge is 0.293 e. The van der Waals surface area contributed by atoms with Gasteiger partial charge in [0, 0.05) is 35.5 Å². The third kappa shape index (κ3) is 4.46. The maximum atomic E-state index is 12.6. The molecule has 0 heterocycles. The Balaban J connectivity index is 1.82. The van der Waals surface area contributed by atoms with Crippen molar-refractivity contribution in [1.29, 1.82) is 0 Å². The van der Waals surface area contributed by atoms with Crippen LogP contribution in [0.2, 0.25) is 0 Å². The highest BCUT2D eigenvalue weighted by Crippen LogP contribution is 2.31. The maximum absolute atomic E-state index is 12.6. The van der Waals surface area contributed by atoms with Crippen LogP contribution in [0.15, 0.2) is 36.4 Å². The molecule has 0 radical (unpaired) electrons. The highest BCUT2D eigenvalue weighted by Gasteiger charge is 2.25. The summed E-state index contributed by atoms with van der Waals surface area (Å²) in [6, 6.07) is 9.65. The Morgan fingerprint density at radius 2 is 1.75 bits per heavy atom. The minimum atomic E-state index is -0.498. The topological polar surface area (TPSA) is 113 Å². The van der Waals surface area contributed by atoms with Gasteiger partial charge in [0.2, 0.25) is 0 Å². The first kappa shape index (κ1) is 19.3. The second-order valence-electron chi connectivity index (χ2n) is 6.75. The summed E-state index contributed by atoms with van der Waals surface area (Å²) >= 11 is 0. The zero-order chi connectivity index (χ0) is 20.3. The van der Waals surface area contributed by atoms with E-state index in [0.29, 0.717) is 23.5 Å². The van der Waals surface area contributed by atoms with Crippen LogP contribution in [0.1, 0.15) is 46.0 Å². The summed E-state index contributed by atoms with van der Waals surface area (Å²) in [6.07, 6.45) is 1.97. The number of nitro benzene ring substituents is 1. The van der Waals surface area contributed by atoms with Gasteiger partial charge in [0.05, 0.1) is 4.92 Å². The van der Waals surface area contributed by atoms with E-state index < -0.39 is 10.8 Å². The number of rotatable bonds is 7. The normalized spacial score (nSPS) is 12.9. The minimum Gasteiger partial charge on any atom is -0.377 e. The molecule has 8 heteroatoms. The molecule has 3 N–H and O–H groups in total. The molecule has 1 saturated carbocycles. The van der Waals surface area contributed by atoms with Gasteiger partial charge in [-0.05, 0) is 56.5 Å². The molecule has 1 aliphatic carbocycles. The Kier molecular flexibility index (Phi) is 5.58. The van der Waals surface area contributed by atoms with Gasteiger partial charge in [-0.25, -0.2) is 0 Å². The van der Waals surface area contributed by atoms with Crippen molar-refractivity contribution in [2.75, 3.05) is 17.2 Å². The lowest BCUT2D eigenvalue weighted by molar-refractivity contribution is -0.384. The summed E-state index contributed by atoms with van der Waals surface area (Å²) in [6.45, 7) is 4.13. The van der Waals surface area contributed by atoms with E-state index in [4.69, 9.17) is 0 Å². The van der Waals surface area contributed by atoms with E-state index >= 15 is 0 Å². The molecule has 0 aromatic heterocycles. The van der Waals surface area contributed by atoms with E-state index in [1.807, 2.05) is 13.8 Å². The fourth-order valence-corrected chi connectivity index (χ4v) is 2.75. The van der Waals surface area contributed by atoms with E-state index in [2.05, 4.69) is 16.0 Å². The fourth-order valence-electron chi connectivity index (χ4n) is 2.75. The lowest BCUT2D eigenvalue weighted by Gasteiger charge is -2.12. The van der Waals surface area contributed by atoms with E-state index in [9.17, 15) is 19.7 Å². The Morgan fingerprint density at radius 1 is 1.07 bits per heavy atom. The van der Waals surface area contributed by atoms with Crippen LogP contribution in [0, 0.1) is 17.0 Å². The molecular weight excluding hydrogens is 360 g/mol. The molecule has 1 fully saturated rings. The Labute approximate surface area is 162 Å². The van der Waals surface area contributed by atoms with Crippen molar-refractivity contribution in [3.8, 4) is 0 Å². The van der Waals surface area contributed by atoms with Crippen LogP contribution in [0.25, 0.3) is 0 Å². The van der Waals surface area contributed by atoms with Gasteiger partial charge in [-0.2, -0.15) is 0 Å². The average Bonchev–Trinajstić information content (AvgIpc) is 3.47. The maximum Gasteiger partial charge on any atom is 0.293 e. The average molecular weight is 382 g/mol. The van der Waals surface area contributed by atoms with E-state index in [1.165, 1.54) is 6.07 Å². The van der Waals surface area contributed by atoms with Crippen LogP contribution in [-0.4, -0.2) is 29.3 Å². The first-order chi connectivity index (χ1) is 13.4. The number of hydrogen-bond donors (Lipinski definition) is 3. The minimum absolute atomic E-state index is 0.132. The number of hydrogen-bond acceptors (Lipinski definition) is 5. The molecule has 8 nitrogen and oxygen atoms in total. The number of benzene rings is 2. The van der Waals surface area contributed by atoms with Crippen LogP contribution in [0.5, 0.6) is 0 Å². The van der Waals surface area contributed by atoms with E-state index in [-0.39, 0.29) is 23.2 Å². The SMILES string of the molecule is CCNC(=O)c1ccc(C)c(NC(=O)c2ccc(NC3CC3)c([N+](=O)[O-])c2)c1. The van der Waals surface area contributed by atoms with Gasteiger partial charge in [-0.3, -0.25) is 19.7 Å². The highest BCUT2D eigenvalue weighted by atomic mass is 16.6. The monoisotopic (exact) mass is 382 g/mol. The second kappa shape index (κ2) is 8.08. The van der Waals surface area contributed by atoms with Crippen molar-refractivity contribution in [2.45, 2.75) is 32.7 Å². The number of carbonyl (C=O) groups excluding carboxylic acids is 2. The number of carbonyl (C=O) groups is 2. The van der Waals surface area contributed by atoms with Gasteiger partial charge < -0.3 is 16.0 Å². The Hall–Kier alpha value is -3.42. The number of nitrogens with zero attached hydrogens (tertiary/aromatic N) is 1. The first-order valence-corrected chi connectivity index (χ1v) is 9.14. The number of nitrogens with one attached hydrogen (secondary N) is 3. The molecule has 146 valence electrons. The zero-order valence-electron chi connectivity index (χ0n) is 15.7. The predicted molar refractivity (Wildman–Crippen MR) is 107 cm³/mol. The first-order valence-electron chi connectivity index (χ1n) is 9.14. The molecule has 28 heavy (non-hydrogen) atoms. The van der Waals surface area contributed by atoms with E-state index in [0.717, 1.165) is 18.4 Å². The van der Waals surface area contributed by atoms with Gasteiger partial charge >= 0.3 is 0 Å². The largest absolute Gasteiger partial charge is 0.377 e.